The van der Waals surface area contributed by atoms with E-state index < -0.39 is 0 Å². The number of nitrogens with one attached hydrogen (secondary N) is 2. The highest BCUT2D eigenvalue weighted by Crippen LogP contribution is 2.31. The number of aryl methyl sites for hydroxylation is 1. The van der Waals surface area contributed by atoms with Crippen molar-refractivity contribution in [1.82, 2.24) is 15.3 Å². The molecule has 7 heteroatoms. The molecule has 2 aromatic carbocycles. The third kappa shape index (κ3) is 4.49. The van der Waals surface area contributed by atoms with Crippen LogP contribution in [0.15, 0.2) is 42.5 Å². The fraction of sp³-hybridized carbons (Fsp3) is 0.286. The smallest absolute Gasteiger partial charge is 0.225 e. The number of methoxy groups -OCH3 is 1. The van der Waals surface area contributed by atoms with Crippen molar-refractivity contribution in [2.45, 2.75) is 13.8 Å². The fourth-order valence-electron chi connectivity index (χ4n) is 2.90. The molecule has 0 spiro atoms. The molecule has 0 aliphatic carbocycles. The van der Waals surface area contributed by atoms with Gasteiger partial charge >= 0.3 is 0 Å². The minimum Gasteiger partial charge on any atom is -0.497 e. The molecule has 1 amide bonds. The predicted octanol–water partition coefficient (Wildman–Crippen LogP) is 3.26. The maximum absolute atomic E-state index is 11.0. The second kappa shape index (κ2) is 8.56. The monoisotopic (exact) mass is 379 g/mol. The SMILES string of the molecule is COc1ccc(N(C)c2nc(NCCNC(C)=O)nc3ccc(C)cc23)cc1. The Bertz CT molecular complexity index is 972. The summed E-state index contributed by atoms with van der Waals surface area (Å²) in [5.41, 5.74) is 3.00. The van der Waals surface area contributed by atoms with E-state index in [2.05, 4.69) is 28.6 Å². The minimum absolute atomic E-state index is 0.0587. The van der Waals surface area contributed by atoms with Crippen LogP contribution in [-0.2, 0) is 4.79 Å². The standard InChI is InChI=1S/C21H25N5O2/c1-14-5-10-19-18(13-14)20(25-21(24-19)23-12-11-22-15(2)27)26(3)16-6-8-17(28-4)9-7-16/h5-10,13H,11-12H2,1-4H3,(H,22,27)(H,23,24,25). The van der Waals surface area contributed by atoms with Crippen molar-refractivity contribution in [3.63, 3.8) is 0 Å². The van der Waals surface area contributed by atoms with Gasteiger partial charge in [-0.25, -0.2) is 4.98 Å². The third-order valence-corrected chi connectivity index (χ3v) is 4.39. The number of ether oxygens (including phenoxy) is 1. The van der Waals surface area contributed by atoms with Gasteiger partial charge < -0.3 is 20.3 Å². The molecule has 0 aliphatic heterocycles. The predicted molar refractivity (Wildman–Crippen MR) is 113 cm³/mol. The number of hydrogen-bond acceptors (Lipinski definition) is 6. The molecule has 0 aliphatic rings. The van der Waals surface area contributed by atoms with E-state index >= 15 is 0 Å². The summed E-state index contributed by atoms with van der Waals surface area (Å²) in [6, 6.07) is 14.0. The molecule has 0 saturated carbocycles. The van der Waals surface area contributed by atoms with Crippen LogP contribution in [0, 0.1) is 6.92 Å². The number of hydrogen-bond donors (Lipinski definition) is 2. The van der Waals surface area contributed by atoms with Gasteiger partial charge in [0.2, 0.25) is 11.9 Å². The van der Waals surface area contributed by atoms with Crippen LogP contribution in [-0.4, -0.2) is 43.1 Å². The number of anilines is 3. The van der Waals surface area contributed by atoms with Gasteiger partial charge in [-0.3, -0.25) is 4.79 Å². The summed E-state index contributed by atoms with van der Waals surface area (Å²) in [5.74, 6) is 2.08. The van der Waals surface area contributed by atoms with Crippen LogP contribution in [0.1, 0.15) is 12.5 Å². The second-order valence-corrected chi connectivity index (χ2v) is 6.56. The van der Waals surface area contributed by atoms with Gasteiger partial charge in [0.1, 0.15) is 11.6 Å². The van der Waals surface area contributed by atoms with Crippen molar-refractivity contribution in [1.29, 1.82) is 0 Å². The summed E-state index contributed by atoms with van der Waals surface area (Å²) in [6.07, 6.45) is 0. The summed E-state index contributed by atoms with van der Waals surface area (Å²) in [5, 5.41) is 6.92. The minimum atomic E-state index is -0.0587. The molecule has 0 atom stereocenters. The maximum Gasteiger partial charge on any atom is 0.225 e. The number of nitrogens with zero attached hydrogens (tertiary/aromatic N) is 3. The van der Waals surface area contributed by atoms with E-state index in [1.807, 2.05) is 48.3 Å². The lowest BCUT2D eigenvalue weighted by Gasteiger charge is -2.21. The summed E-state index contributed by atoms with van der Waals surface area (Å²) in [6.45, 7) is 4.60. The highest BCUT2D eigenvalue weighted by atomic mass is 16.5. The van der Waals surface area contributed by atoms with Crippen molar-refractivity contribution >= 4 is 34.3 Å². The summed E-state index contributed by atoms with van der Waals surface area (Å²) < 4.78 is 5.25. The number of fused-ring (bicyclic) bond motifs is 1. The number of aromatic nitrogens is 2. The Morgan fingerprint density at radius 1 is 1.11 bits per heavy atom. The molecule has 0 saturated heterocycles. The maximum atomic E-state index is 11.0. The van der Waals surface area contributed by atoms with Crippen molar-refractivity contribution in [3.8, 4) is 5.75 Å². The number of carbonyl (C=O) groups is 1. The second-order valence-electron chi connectivity index (χ2n) is 6.56. The Kier molecular flexibility index (Phi) is 5.93. The lowest BCUT2D eigenvalue weighted by atomic mass is 10.1. The van der Waals surface area contributed by atoms with E-state index in [-0.39, 0.29) is 5.91 Å². The lowest BCUT2D eigenvalue weighted by Crippen LogP contribution is -2.26. The first kappa shape index (κ1) is 19.4. The molecule has 3 rings (SSSR count). The van der Waals surface area contributed by atoms with Crippen molar-refractivity contribution in [2.75, 3.05) is 37.5 Å². The van der Waals surface area contributed by atoms with Gasteiger partial charge in [-0.15, -0.1) is 0 Å². The quantitative estimate of drug-likeness (QED) is 0.614. The number of carbonyl (C=O) groups excluding carboxylic acids is 1. The van der Waals surface area contributed by atoms with Crippen LogP contribution in [0.4, 0.5) is 17.5 Å². The van der Waals surface area contributed by atoms with Crippen LogP contribution < -0.4 is 20.3 Å². The van der Waals surface area contributed by atoms with Gasteiger partial charge in [-0.1, -0.05) is 11.6 Å². The topological polar surface area (TPSA) is 79.4 Å². The van der Waals surface area contributed by atoms with Crippen molar-refractivity contribution < 1.29 is 9.53 Å². The number of amides is 1. The van der Waals surface area contributed by atoms with Crippen molar-refractivity contribution in [3.05, 3.63) is 48.0 Å². The Hall–Kier alpha value is -3.35. The van der Waals surface area contributed by atoms with Gasteiger partial charge in [-0.05, 0) is 43.3 Å². The van der Waals surface area contributed by atoms with Crippen LogP contribution in [0.5, 0.6) is 5.75 Å². The van der Waals surface area contributed by atoms with Crippen LogP contribution in [0.2, 0.25) is 0 Å². The first-order valence-corrected chi connectivity index (χ1v) is 9.12. The zero-order valence-corrected chi connectivity index (χ0v) is 16.6. The third-order valence-electron chi connectivity index (χ3n) is 4.39. The van der Waals surface area contributed by atoms with Gasteiger partial charge in [0.05, 0.1) is 12.6 Å². The molecular formula is C21H25N5O2. The Morgan fingerprint density at radius 2 is 1.86 bits per heavy atom. The Balaban J connectivity index is 1.95. The van der Waals surface area contributed by atoms with Gasteiger partial charge in [-0.2, -0.15) is 4.98 Å². The van der Waals surface area contributed by atoms with E-state index in [1.165, 1.54) is 6.92 Å². The highest BCUT2D eigenvalue weighted by Gasteiger charge is 2.14. The fourth-order valence-corrected chi connectivity index (χ4v) is 2.90. The average molecular weight is 379 g/mol. The first-order valence-electron chi connectivity index (χ1n) is 9.12. The zero-order chi connectivity index (χ0) is 20.1. The Labute approximate surface area is 164 Å². The molecule has 146 valence electrons. The van der Waals surface area contributed by atoms with E-state index in [9.17, 15) is 4.79 Å². The highest BCUT2D eigenvalue weighted by molar-refractivity contribution is 5.93. The van der Waals surface area contributed by atoms with Gasteiger partial charge in [0.15, 0.2) is 0 Å². The lowest BCUT2D eigenvalue weighted by molar-refractivity contribution is -0.118. The van der Waals surface area contributed by atoms with Crippen LogP contribution in [0.25, 0.3) is 10.9 Å². The molecule has 2 N–H and O–H groups in total. The summed E-state index contributed by atoms with van der Waals surface area (Å²) in [7, 11) is 3.63. The molecule has 0 unspecified atom stereocenters. The van der Waals surface area contributed by atoms with E-state index in [1.54, 1.807) is 7.11 Å². The molecule has 1 heterocycles. The number of rotatable bonds is 7. The summed E-state index contributed by atoms with van der Waals surface area (Å²) >= 11 is 0. The van der Waals surface area contributed by atoms with E-state index in [0.717, 1.165) is 33.7 Å². The molecule has 0 bridgehead atoms. The largest absolute Gasteiger partial charge is 0.497 e. The van der Waals surface area contributed by atoms with E-state index in [0.29, 0.717) is 19.0 Å². The molecule has 3 aromatic rings. The van der Waals surface area contributed by atoms with Crippen LogP contribution >= 0.6 is 0 Å². The van der Waals surface area contributed by atoms with E-state index in [4.69, 9.17) is 9.72 Å². The molecule has 28 heavy (non-hydrogen) atoms. The summed E-state index contributed by atoms with van der Waals surface area (Å²) in [4.78, 5) is 22.4. The normalized spacial score (nSPS) is 10.6. The Morgan fingerprint density at radius 3 is 2.54 bits per heavy atom. The zero-order valence-electron chi connectivity index (χ0n) is 16.6. The molecule has 1 aromatic heterocycles. The molecule has 0 radical (unpaired) electrons. The number of benzene rings is 2. The van der Waals surface area contributed by atoms with Crippen molar-refractivity contribution in [2.24, 2.45) is 0 Å². The molecule has 0 fully saturated rings. The molecule has 7 nitrogen and oxygen atoms in total. The van der Waals surface area contributed by atoms with Crippen LogP contribution in [0.3, 0.4) is 0 Å². The first-order chi connectivity index (χ1) is 13.5. The molecular weight excluding hydrogens is 354 g/mol. The van der Waals surface area contributed by atoms with Gasteiger partial charge in [0, 0.05) is 38.1 Å². The van der Waals surface area contributed by atoms with Gasteiger partial charge in [0.25, 0.3) is 0 Å². The average Bonchev–Trinajstić information content (AvgIpc) is 2.70.